The van der Waals surface area contributed by atoms with E-state index in [1.807, 2.05) is 6.92 Å². The Bertz CT molecular complexity index is 680. The van der Waals surface area contributed by atoms with Crippen molar-refractivity contribution < 1.29 is 0 Å². The predicted octanol–water partition coefficient (Wildman–Crippen LogP) is 2.04. The standard InChI is InChI=1S/C11H13BrN6OS/c1-2-13-9-14-5-7(12)8(15-9)20-11-17-16-10(19)18(11)6-3-4-6/h5-6H,2-4H2,1H3,(H,16,19)(H,13,14,15). The monoisotopic (exact) mass is 356 g/mol. The van der Waals surface area contributed by atoms with Gasteiger partial charge in [0.1, 0.15) is 5.03 Å². The first-order valence-electron chi connectivity index (χ1n) is 6.30. The summed E-state index contributed by atoms with van der Waals surface area (Å²) in [6.45, 7) is 2.73. The van der Waals surface area contributed by atoms with E-state index in [0.29, 0.717) is 11.1 Å². The van der Waals surface area contributed by atoms with Crippen LogP contribution in [0.15, 0.2) is 25.6 Å². The largest absolute Gasteiger partial charge is 0.354 e. The van der Waals surface area contributed by atoms with Crippen molar-refractivity contribution in [1.29, 1.82) is 0 Å². The van der Waals surface area contributed by atoms with Crippen molar-refractivity contribution in [3.8, 4) is 0 Å². The van der Waals surface area contributed by atoms with Crippen LogP contribution in [0.2, 0.25) is 0 Å². The van der Waals surface area contributed by atoms with Crippen LogP contribution in [0.4, 0.5) is 5.95 Å². The molecule has 2 heterocycles. The summed E-state index contributed by atoms with van der Waals surface area (Å²) < 4.78 is 2.48. The fourth-order valence-electron chi connectivity index (χ4n) is 1.77. The summed E-state index contributed by atoms with van der Waals surface area (Å²) in [7, 11) is 0. The van der Waals surface area contributed by atoms with E-state index in [1.54, 1.807) is 10.8 Å². The molecule has 1 fully saturated rings. The van der Waals surface area contributed by atoms with Gasteiger partial charge in [-0.3, -0.25) is 4.57 Å². The van der Waals surface area contributed by atoms with Crippen LogP contribution in [-0.2, 0) is 0 Å². The second-order valence-electron chi connectivity index (χ2n) is 4.39. The third-order valence-electron chi connectivity index (χ3n) is 2.82. The Hall–Kier alpha value is -1.35. The predicted molar refractivity (Wildman–Crippen MR) is 79.1 cm³/mol. The summed E-state index contributed by atoms with van der Waals surface area (Å²) in [5.74, 6) is 0.564. The lowest BCUT2D eigenvalue weighted by Crippen LogP contribution is -2.16. The zero-order valence-corrected chi connectivity index (χ0v) is 13.2. The lowest BCUT2D eigenvalue weighted by Gasteiger charge is -2.06. The van der Waals surface area contributed by atoms with Gasteiger partial charge in [-0.2, -0.15) is 0 Å². The zero-order chi connectivity index (χ0) is 14.1. The van der Waals surface area contributed by atoms with Crippen LogP contribution in [0.1, 0.15) is 25.8 Å². The highest BCUT2D eigenvalue weighted by Gasteiger charge is 2.29. The van der Waals surface area contributed by atoms with Crippen LogP contribution in [-0.4, -0.2) is 31.3 Å². The van der Waals surface area contributed by atoms with Gasteiger partial charge >= 0.3 is 5.69 Å². The van der Waals surface area contributed by atoms with Gasteiger partial charge in [0, 0.05) is 18.8 Å². The molecule has 0 bridgehead atoms. The van der Waals surface area contributed by atoms with Gasteiger partial charge in [0.05, 0.1) is 4.47 Å². The average Bonchev–Trinajstić information content (AvgIpc) is 3.19. The van der Waals surface area contributed by atoms with Gasteiger partial charge in [0.2, 0.25) is 5.95 Å². The van der Waals surface area contributed by atoms with E-state index in [4.69, 9.17) is 0 Å². The maximum Gasteiger partial charge on any atom is 0.344 e. The summed E-state index contributed by atoms with van der Waals surface area (Å²) >= 11 is 4.78. The van der Waals surface area contributed by atoms with Crippen molar-refractivity contribution in [2.24, 2.45) is 0 Å². The summed E-state index contributed by atoms with van der Waals surface area (Å²) in [6, 6.07) is 0.276. The molecule has 9 heteroatoms. The smallest absolute Gasteiger partial charge is 0.344 e. The first-order valence-corrected chi connectivity index (χ1v) is 7.91. The molecule has 0 aromatic carbocycles. The van der Waals surface area contributed by atoms with E-state index < -0.39 is 0 Å². The Kier molecular flexibility index (Phi) is 3.79. The summed E-state index contributed by atoms with van der Waals surface area (Å²) in [4.78, 5) is 20.3. The van der Waals surface area contributed by atoms with E-state index >= 15 is 0 Å². The number of halogens is 1. The molecular formula is C11H13BrN6OS. The second-order valence-corrected chi connectivity index (χ2v) is 6.20. The molecule has 7 nitrogen and oxygen atoms in total. The molecule has 0 saturated heterocycles. The van der Waals surface area contributed by atoms with Crippen LogP contribution >= 0.6 is 27.7 Å². The Morgan fingerprint density at radius 1 is 1.60 bits per heavy atom. The maximum atomic E-state index is 11.7. The second kappa shape index (κ2) is 5.57. The lowest BCUT2D eigenvalue weighted by molar-refractivity contribution is 0.642. The first-order chi connectivity index (χ1) is 9.69. The Balaban J connectivity index is 1.91. The number of rotatable bonds is 5. The molecule has 0 spiro atoms. The van der Waals surface area contributed by atoms with E-state index in [-0.39, 0.29) is 11.7 Å². The first kappa shape index (κ1) is 13.6. The van der Waals surface area contributed by atoms with Gasteiger partial charge in [-0.05, 0) is 47.5 Å². The minimum absolute atomic E-state index is 0.160. The maximum absolute atomic E-state index is 11.7. The molecule has 0 atom stereocenters. The quantitative estimate of drug-likeness (QED) is 0.797. The normalized spacial score (nSPS) is 14.5. The van der Waals surface area contributed by atoms with Crippen molar-refractivity contribution in [1.82, 2.24) is 24.7 Å². The van der Waals surface area contributed by atoms with Gasteiger partial charge in [0.15, 0.2) is 5.16 Å². The van der Waals surface area contributed by atoms with Crippen molar-refractivity contribution in [3.63, 3.8) is 0 Å². The van der Waals surface area contributed by atoms with E-state index in [9.17, 15) is 4.79 Å². The highest BCUT2D eigenvalue weighted by Crippen LogP contribution is 2.38. The highest BCUT2D eigenvalue weighted by atomic mass is 79.9. The molecule has 20 heavy (non-hydrogen) atoms. The summed E-state index contributed by atoms with van der Waals surface area (Å²) in [6.07, 6.45) is 3.75. The van der Waals surface area contributed by atoms with Crippen molar-refractivity contribution in [2.75, 3.05) is 11.9 Å². The van der Waals surface area contributed by atoms with Crippen LogP contribution < -0.4 is 11.0 Å². The topological polar surface area (TPSA) is 88.5 Å². The molecule has 0 unspecified atom stereocenters. The third kappa shape index (κ3) is 2.73. The fourth-order valence-corrected chi connectivity index (χ4v) is 3.08. The van der Waals surface area contributed by atoms with E-state index in [1.165, 1.54) is 11.8 Å². The molecule has 2 N–H and O–H groups in total. The molecule has 2 aromatic heterocycles. The fraction of sp³-hybridized carbons (Fsp3) is 0.455. The third-order valence-corrected chi connectivity index (χ3v) is 4.64. The van der Waals surface area contributed by atoms with Crippen LogP contribution in [0.5, 0.6) is 0 Å². The SMILES string of the molecule is CCNc1ncc(Br)c(Sc2n[nH]c(=O)n2C2CC2)n1. The number of aromatic amines is 1. The Labute approximate surface area is 127 Å². The number of H-pyrrole nitrogens is 1. The molecular weight excluding hydrogens is 344 g/mol. The molecule has 1 aliphatic rings. The minimum atomic E-state index is -0.160. The molecule has 3 rings (SSSR count). The molecule has 0 aliphatic heterocycles. The van der Waals surface area contributed by atoms with Gasteiger partial charge in [-0.25, -0.2) is 19.9 Å². The lowest BCUT2D eigenvalue weighted by atomic mass is 10.6. The molecule has 0 amide bonds. The molecule has 1 aliphatic carbocycles. The minimum Gasteiger partial charge on any atom is -0.354 e. The average molecular weight is 357 g/mol. The van der Waals surface area contributed by atoms with Crippen molar-refractivity contribution in [2.45, 2.75) is 36.0 Å². The number of aromatic nitrogens is 5. The number of nitrogens with one attached hydrogen (secondary N) is 2. The summed E-state index contributed by atoms with van der Waals surface area (Å²) in [5, 5.41) is 11.0. The molecule has 106 valence electrons. The Morgan fingerprint density at radius 2 is 2.40 bits per heavy atom. The highest BCUT2D eigenvalue weighted by molar-refractivity contribution is 9.10. The summed E-state index contributed by atoms with van der Waals surface area (Å²) in [5.41, 5.74) is -0.160. The van der Waals surface area contributed by atoms with Crippen molar-refractivity contribution >= 4 is 33.6 Å². The van der Waals surface area contributed by atoms with E-state index in [2.05, 4.69) is 41.4 Å². The molecule has 1 saturated carbocycles. The van der Waals surface area contributed by atoms with Gasteiger partial charge in [-0.1, -0.05) is 0 Å². The number of hydrogen-bond acceptors (Lipinski definition) is 6. The Morgan fingerprint density at radius 3 is 3.10 bits per heavy atom. The van der Waals surface area contributed by atoms with E-state index in [0.717, 1.165) is 28.9 Å². The number of hydrogen-bond donors (Lipinski definition) is 2. The van der Waals surface area contributed by atoms with Gasteiger partial charge < -0.3 is 5.32 Å². The van der Waals surface area contributed by atoms with Crippen LogP contribution in [0.3, 0.4) is 0 Å². The molecule has 0 radical (unpaired) electrons. The zero-order valence-electron chi connectivity index (χ0n) is 10.8. The van der Waals surface area contributed by atoms with Crippen LogP contribution in [0, 0.1) is 0 Å². The van der Waals surface area contributed by atoms with Gasteiger partial charge in [0.25, 0.3) is 0 Å². The number of anilines is 1. The number of nitrogens with zero attached hydrogens (tertiary/aromatic N) is 4. The van der Waals surface area contributed by atoms with Crippen LogP contribution in [0.25, 0.3) is 0 Å². The van der Waals surface area contributed by atoms with Crippen molar-refractivity contribution in [3.05, 3.63) is 21.2 Å². The molecule has 2 aromatic rings. The van der Waals surface area contributed by atoms with Gasteiger partial charge in [-0.15, -0.1) is 5.10 Å².